The van der Waals surface area contributed by atoms with E-state index >= 15 is 0 Å². The summed E-state index contributed by atoms with van der Waals surface area (Å²) in [7, 11) is 0. The number of carbonyl (C=O) groups excluding carboxylic acids is 1. The Balaban J connectivity index is 2.09. The average molecular weight is 415 g/mol. The van der Waals surface area contributed by atoms with E-state index in [2.05, 4.69) is 24.4 Å². The van der Waals surface area contributed by atoms with Gasteiger partial charge in [-0.3, -0.25) is 4.79 Å². The largest absolute Gasteiger partial charge is 0.385 e. The summed E-state index contributed by atoms with van der Waals surface area (Å²) < 4.78 is 0. The second-order valence-electron chi connectivity index (χ2n) is 8.00. The molecule has 0 aromatic heterocycles. The molecule has 1 heterocycles. The molecule has 4 nitrogen and oxygen atoms in total. The normalized spacial score (nSPS) is 18.9. The summed E-state index contributed by atoms with van der Waals surface area (Å²) in [6.07, 6.45) is 4.17. The fraction of sp³-hybridized carbons (Fsp3) is 0.458. The summed E-state index contributed by atoms with van der Waals surface area (Å²) in [5.41, 5.74) is 8.26. The summed E-state index contributed by atoms with van der Waals surface area (Å²) in [5, 5.41) is 16.1. The standard InChI is InChI=1S/C24H31ClN2O2/c1-2-17-7-3-8-18(15-17)23-20(10-4-11-21(23)25)24(29,13-5-12-22(26)28)19-9-6-14-27-16-19/h3-4,7-8,10-11,15,19,27,29H,2,5-6,9,12-14,16H2,1H3,(H2,26,28)/t19-,24?/m1/s1. The van der Waals surface area contributed by atoms with Crippen LogP contribution in [0.2, 0.25) is 5.02 Å². The quantitative estimate of drug-likeness (QED) is 0.598. The first-order chi connectivity index (χ1) is 14.0. The van der Waals surface area contributed by atoms with Gasteiger partial charge < -0.3 is 16.2 Å². The van der Waals surface area contributed by atoms with Crippen LogP contribution in [-0.4, -0.2) is 24.1 Å². The highest BCUT2D eigenvalue weighted by Crippen LogP contribution is 2.45. The van der Waals surface area contributed by atoms with E-state index in [1.54, 1.807) is 0 Å². The second kappa shape index (κ2) is 9.75. The Morgan fingerprint density at radius 1 is 1.31 bits per heavy atom. The van der Waals surface area contributed by atoms with Crippen LogP contribution in [0.4, 0.5) is 0 Å². The summed E-state index contributed by atoms with van der Waals surface area (Å²) in [5.74, 6) is -0.285. The van der Waals surface area contributed by atoms with Crippen LogP contribution in [0.25, 0.3) is 11.1 Å². The van der Waals surface area contributed by atoms with Gasteiger partial charge in [0.25, 0.3) is 0 Å². The van der Waals surface area contributed by atoms with Crippen LogP contribution in [0.3, 0.4) is 0 Å². The van der Waals surface area contributed by atoms with Crippen molar-refractivity contribution >= 4 is 17.5 Å². The Bertz CT molecular complexity index is 849. The van der Waals surface area contributed by atoms with Crippen molar-refractivity contribution in [2.75, 3.05) is 13.1 Å². The predicted octanol–water partition coefficient (Wildman–Crippen LogP) is 4.41. The van der Waals surface area contributed by atoms with E-state index in [0.717, 1.165) is 49.0 Å². The van der Waals surface area contributed by atoms with E-state index in [1.807, 2.05) is 30.3 Å². The number of rotatable bonds is 8. The van der Waals surface area contributed by atoms with Crippen molar-refractivity contribution in [1.29, 1.82) is 0 Å². The highest BCUT2D eigenvalue weighted by molar-refractivity contribution is 6.33. The maximum Gasteiger partial charge on any atom is 0.217 e. The van der Waals surface area contributed by atoms with Gasteiger partial charge in [0.05, 0.1) is 5.60 Å². The summed E-state index contributed by atoms with van der Waals surface area (Å²) in [6.45, 7) is 3.84. The molecule has 5 heteroatoms. The molecular weight excluding hydrogens is 384 g/mol. The van der Waals surface area contributed by atoms with Gasteiger partial charge in [0.1, 0.15) is 0 Å². The Hall–Kier alpha value is -1.88. The molecule has 4 N–H and O–H groups in total. The fourth-order valence-electron chi connectivity index (χ4n) is 4.48. The number of nitrogens with two attached hydrogens (primary N) is 1. The molecule has 29 heavy (non-hydrogen) atoms. The number of amides is 1. The maximum absolute atomic E-state index is 12.1. The number of hydrogen-bond donors (Lipinski definition) is 3. The van der Waals surface area contributed by atoms with Crippen LogP contribution in [-0.2, 0) is 16.8 Å². The van der Waals surface area contributed by atoms with Crippen molar-refractivity contribution in [3.8, 4) is 11.1 Å². The first-order valence-corrected chi connectivity index (χ1v) is 10.9. The molecule has 1 unspecified atom stereocenters. The van der Waals surface area contributed by atoms with E-state index in [0.29, 0.717) is 17.9 Å². The molecule has 1 aliphatic heterocycles. The zero-order valence-electron chi connectivity index (χ0n) is 17.1. The van der Waals surface area contributed by atoms with Gasteiger partial charge >= 0.3 is 0 Å². The fourth-order valence-corrected chi connectivity index (χ4v) is 4.76. The highest BCUT2D eigenvalue weighted by atomic mass is 35.5. The Morgan fingerprint density at radius 2 is 2.10 bits per heavy atom. The number of halogens is 1. The lowest BCUT2D eigenvalue weighted by Gasteiger charge is -2.40. The lowest BCUT2D eigenvalue weighted by molar-refractivity contribution is -0.118. The summed E-state index contributed by atoms with van der Waals surface area (Å²) >= 11 is 6.69. The third-order valence-corrected chi connectivity index (χ3v) is 6.37. The zero-order valence-corrected chi connectivity index (χ0v) is 17.8. The first-order valence-electron chi connectivity index (χ1n) is 10.6. The van der Waals surface area contributed by atoms with Gasteiger partial charge in [-0.25, -0.2) is 0 Å². The number of benzene rings is 2. The lowest BCUT2D eigenvalue weighted by Crippen LogP contribution is -2.44. The molecule has 0 saturated carbocycles. The van der Waals surface area contributed by atoms with Crippen LogP contribution in [0.5, 0.6) is 0 Å². The molecule has 0 bridgehead atoms. The number of carbonyl (C=O) groups is 1. The van der Waals surface area contributed by atoms with Gasteiger partial charge in [-0.2, -0.15) is 0 Å². The molecule has 0 radical (unpaired) electrons. The van der Waals surface area contributed by atoms with Crippen molar-refractivity contribution in [2.24, 2.45) is 11.7 Å². The highest BCUT2D eigenvalue weighted by Gasteiger charge is 2.40. The third-order valence-electron chi connectivity index (χ3n) is 6.06. The minimum Gasteiger partial charge on any atom is -0.385 e. The molecule has 1 amide bonds. The summed E-state index contributed by atoms with van der Waals surface area (Å²) in [6, 6.07) is 14.1. The molecule has 2 atom stereocenters. The first kappa shape index (κ1) is 21.8. The number of hydrogen-bond acceptors (Lipinski definition) is 3. The number of piperidine rings is 1. The molecular formula is C24H31ClN2O2. The van der Waals surface area contributed by atoms with Gasteiger partial charge in [-0.05, 0) is 61.4 Å². The van der Waals surface area contributed by atoms with Gasteiger partial charge in [-0.1, -0.05) is 54.9 Å². The van der Waals surface area contributed by atoms with Gasteiger partial charge in [0, 0.05) is 29.5 Å². The minimum absolute atomic E-state index is 0.0516. The molecule has 0 spiro atoms. The van der Waals surface area contributed by atoms with Crippen LogP contribution < -0.4 is 11.1 Å². The second-order valence-corrected chi connectivity index (χ2v) is 8.41. The van der Waals surface area contributed by atoms with E-state index in [9.17, 15) is 9.90 Å². The number of primary amides is 1. The molecule has 1 fully saturated rings. The van der Waals surface area contributed by atoms with Crippen molar-refractivity contribution in [3.63, 3.8) is 0 Å². The van der Waals surface area contributed by atoms with Crippen molar-refractivity contribution < 1.29 is 9.90 Å². The van der Waals surface area contributed by atoms with Crippen molar-refractivity contribution in [1.82, 2.24) is 5.32 Å². The van der Waals surface area contributed by atoms with Crippen molar-refractivity contribution in [2.45, 2.75) is 51.0 Å². The number of aliphatic hydroxyl groups is 1. The molecule has 2 aromatic carbocycles. The van der Waals surface area contributed by atoms with Gasteiger partial charge in [-0.15, -0.1) is 0 Å². The van der Waals surface area contributed by atoms with Gasteiger partial charge in [0.15, 0.2) is 0 Å². The SMILES string of the molecule is CCc1cccc(-c2c(Cl)cccc2C(O)(CCCC(N)=O)[C@@H]2CCCNC2)c1. The maximum atomic E-state index is 12.1. The van der Waals surface area contributed by atoms with Crippen LogP contribution >= 0.6 is 11.6 Å². The zero-order chi connectivity index (χ0) is 20.9. The molecule has 0 aliphatic carbocycles. The molecule has 1 aliphatic rings. The van der Waals surface area contributed by atoms with Crippen LogP contribution in [0.15, 0.2) is 42.5 Å². The smallest absolute Gasteiger partial charge is 0.217 e. The molecule has 2 aromatic rings. The number of aryl methyl sites for hydroxylation is 1. The topological polar surface area (TPSA) is 75.3 Å². The Labute approximate surface area is 178 Å². The van der Waals surface area contributed by atoms with Crippen LogP contribution in [0.1, 0.15) is 50.2 Å². The Kier molecular flexibility index (Phi) is 7.33. The molecule has 156 valence electrons. The molecule has 3 rings (SSSR count). The van der Waals surface area contributed by atoms with E-state index in [4.69, 9.17) is 17.3 Å². The lowest BCUT2D eigenvalue weighted by atomic mass is 9.72. The molecule has 1 saturated heterocycles. The van der Waals surface area contributed by atoms with Crippen LogP contribution in [0, 0.1) is 5.92 Å². The number of nitrogens with one attached hydrogen (secondary N) is 1. The summed E-state index contributed by atoms with van der Waals surface area (Å²) in [4.78, 5) is 11.3. The van der Waals surface area contributed by atoms with Gasteiger partial charge in [0.2, 0.25) is 5.91 Å². The predicted molar refractivity (Wildman–Crippen MR) is 119 cm³/mol. The minimum atomic E-state index is -1.08. The van der Waals surface area contributed by atoms with Crippen molar-refractivity contribution in [3.05, 3.63) is 58.6 Å². The van der Waals surface area contributed by atoms with E-state index in [1.165, 1.54) is 5.56 Å². The monoisotopic (exact) mass is 414 g/mol. The average Bonchev–Trinajstić information content (AvgIpc) is 2.73. The van der Waals surface area contributed by atoms with E-state index < -0.39 is 5.60 Å². The third kappa shape index (κ3) is 5.00. The van der Waals surface area contributed by atoms with E-state index in [-0.39, 0.29) is 18.2 Å². The Morgan fingerprint density at radius 3 is 2.79 bits per heavy atom.